The Labute approximate surface area is 153 Å². The fraction of sp³-hybridized carbons (Fsp3) is 0.222. The number of benzene rings is 1. The summed E-state index contributed by atoms with van der Waals surface area (Å²) in [5.41, 5.74) is 2.05. The molecule has 0 unspecified atom stereocenters. The number of para-hydroxylation sites is 1. The van der Waals surface area contributed by atoms with E-state index in [0.29, 0.717) is 34.7 Å². The van der Waals surface area contributed by atoms with Gasteiger partial charge in [-0.3, -0.25) is 0 Å². The highest BCUT2D eigenvalue weighted by atomic mass is 32.2. The molecule has 26 heavy (non-hydrogen) atoms. The van der Waals surface area contributed by atoms with Crippen molar-refractivity contribution in [2.24, 2.45) is 0 Å². The van der Waals surface area contributed by atoms with Crippen LogP contribution in [-0.4, -0.2) is 32.2 Å². The van der Waals surface area contributed by atoms with Crippen LogP contribution in [0.3, 0.4) is 0 Å². The lowest BCUT2D eigenvalue weighted by Gasteiger charge is -2.06. The number of nitrogens with zero attached hydrogens (tertiary/aromatic N) is 4. The number of carbonyl (C=O) groups is 1. The number of rotatable bonds is 5. The van der Waals surface area contributed by atoms with E-state index in [9.17, 15) is 4.79 Å². The molecule has 132 valence electrons. The highest BCUT2D eigenvalue weighted by molar-refractivity contribution is 7.98. The second-order valence-corrected chi connectivity index (χ2v) is 6.52. The quantitative estimate of drug-likeness (QED) is 0.302. The Hall–Kier alpha value is -2.87. The number of fused-ring (bicyclic) bond motifs is 3. The Morgan fingerprint density at radius 3 is 2.96 bits per heavy atom. The molecular formula is C18H16N4O3S. The maximum absolute atomic E-state index is 12.0. The highest BCUT2D eigenvalue weighted by Gasteiger charge is 2.18. The van der Waals surface area contributed by atoms with E-state index in [2.05, 4.69) is 10.1 Å². The Bertz CT molecular complexity index is 1100. The minimum Gasteiger partial charge on any atom is -0.468 e. The van der Waals surface area contributed by atoms with Gasteiger partial charge in [0, 0.05) is 5.39 Å². The summed E-state index contributed by atoms with van der Waals surface area (Å²) in [5.74, 6) is 1.27. The van der Waals surface area contributed by atoms with Crippen molar-refractivity contribution in [1.29, 1.82) is 0 Å². The first kappa shape index (κ1) is 16.6. The molecule has 3 aromatic heterocycles. The van der Waals surface area contributed by atoms with Crippen LogP contribution in [0.15, 0.2) is 46.2 Å². The van der Waals surface area contributed by atoms with Gasteiger partial charge in [0.15, 0.2) is 10.8 Å². The first-order valence-corrected chi connectivity index (χ1v) is 9.14. The van der Waals surface area contributed by atoms with Gasteiger partial charge in [-0.25, -0.2) is 14.8 Å². The Balaban J connectivity index is 1.70. The van der Waals surface area contributed by atoms with Gasteiger partial charge in [0.05, 0.1) is 24.1 Å². The molecule has 4 aromatic rings. The monoisotopic (exact) mass is 368 g/mol. The molecule has 0 radical (unpaired) electrons. The van der Waals surface area contributed by atoms with Crippen molar-refractivity contribution < 1.29 is 13.9 Å². The molecule has 0 N–H and O–H groups in total. The largest absolute Gasteiger partial charge is 0.468 e. The van der Waals surface area contributed by atoms with E-state index >= 15 is 0 Å². The van der Waals surface area contributed by atoms with Crippen molar-refractivity contribution in [1.82, 2.24) is 19.6 Å². The van der Waals surface area contributed by atoms with Crippen LogP contribution in [0.5, 0.6) is 0 Å². The molecule has 0 saturated heterocycles. The number of hydrogen-bond donors (Lipinski definition) is 0. The maximum atomic E-state index is 12.0. The standard InChI is InChI=1S/C18H16N4O3S/c1-3-24-17(23)13-8-9-25-15(13)10-26-18-20-14-7-5-4-6-12(14)16-19-11(2)21-22(16)18/h4-9H,3,10H2,1-2H3. The smallest absolute Gasteiger partial charge is 0.341 e. The minimum absolute atomic E-state index is 0.321. The predicted octanol–water partition coefficient (Wildman–Crippen LogP) is 3.65. The molecule has 8 heteroatoms. The number of aromatic nitrogens is 4. The lowest BCUT2D eigenvalue weighted by Crippen LogP contribution is -2.06. The van der Waals surface area contributed by atoms with Crippen molar-refractivity contribution in [3.05, 3.63) is 53.7 Å². The molecule has 7 nitrogen and oxygen atoms in total. The molecule has 0 bridgehead atoms. The molecule has 0 amide bonds. The van der Waals surface area contributed by atoms with Crippen LogP contribution < -0.4 is 0 Å². The molecule has 3 heterocycles. The maximum Gasteiger partial charge on any atom is 0.341 e. The number of thioether (sulfide) groups is 1. The summed E-state index contributed by atoms with van der Waals surface area (Å²) in [5, 5.41) is 6.08. The number of ether oxygens (including phenoxy) is 1. The van der Waals surface area contributed by atoms with Crippen molar-refractivity contribution in [2.75, 3.05) is 6.61 Å². The third-order valence-electron chi connectivity index (χ3n) is 3.83. The average molecular weight is 368 g/mol. The number of aryl methyl sites for hydroxylation is 1. The molecule has 4 rings (SSSR count). The zero-order valence-corrected chi connectivity index (χ0v) is 15.1. The number of furan rings is 1. The Kier molecular flexibility index (Phi) is 4.34. The third-order valence-corrected chi connectivity index (χ3v) is 4.76. The van der Waals surface area contributed by atoms with Gasteiger partial charge < -0.3 is 9.15 Å². The van der Waals surface area contributed by atoms with E-state index in [0.717, 1.165) is 16.6 Å². The van der Waals surface area contributed by atoms with Crippen LogP contribution >= 0.6 is 11.8 Å². The molecule has 0 spiro atoms. The summed E-state index contributed by atoms with van der Waals surface area (Å²) in [6.07, 6.45) is 1.49. The molecule has 0 saturated carbocycles. The Morgan fingerprint density at radius 1 is 1.27 bits per heavy atom. The van der Waals surface area contributed by atoms with Crippen LogP contribution in [0, 0.1) is 6.92 Å². The second-order valence-electron chi connectivity index (χ2n) is 5.57. The third kappa shape index (κ3) is 2.92. The van der Waals surface area contributed by atoms with E-state index in [4.69, 9.17) is 14.1 Å². The van der Waals surface area contributed by atoms with Gasteiger partial charge >= 0.3 is 5.97 Å². The fourth-order valence-electron chi connectivity index (χ4n) is 2.70. The summed E-state index contributed by atoms with van der Waals surface area (Å²) in [7, 11) is 0. The van der Waals surface area contributed by atoms with Gasteiger partial charge in [-0.05, 0) is 32.0 Å². The summed E-state index contributed by atoms with van der Waals surface area (Å²) < 4.78 is 12.3. The van der Waals surface area contributed by atoms with E-state index < -0.39 is 0 Å². The predicted molar refractivity (Wildman–Crippen MR) is 97.3 cm³/mol. The molecule has 0 atom stereocenters. The van der Waals surface area contributed by atoms with Crippen LogP contribution in [0.1, 0.15) is 28.9 Å². The minimum atomic E-state index is -0.384. The van der Waals surface area contributed by atoms with Crippen LogP contribution in [0.2, 0.25) is 0 Å². The van der Waals surface area contributed by atoms with Gasteiger partial charge in [-0.15, -0.1) is 5.10 Å². The van der Waals surface area contributed by atoms with Gasteiger partial charge in [0.1, 0.15) is 17.1 Å². The molecule has 0 aliphatic rings. The van der Waals surface area contributed by atoms with E-state index in [1.165, 1.54) is 18.0 Å². The molecular weight excluding hydrogens is 352 g/mol. The van der Waals surface area contributed by atoms with Crippen molar-refractivity contribution >= 4 is 34.3 Å². The average Bonchev–Trinajstić information content (AvgIpc) is 3.26. The molecule has 1 aromatic carbocycles. The highest BCUT2D eigenvalue weighted by Crippen LogP contribution is 2.27. The molecule has 0 fully saturated rings. The van der Waals surface area contributed by atoms with Gasteiger partial charge in [-0.2, -0.15) is 4.52 Å². The van der Waals surface area contributed by atoms with Crippen molar-refractivity contribution in [2.45, 2.75) is 24.8 Å². The van der Waals surface area contributed by atoms with E-state index in [-0.39, 0.29) is 5.97 Å². The van der Waals surface area contributed by atoms with Crippen molar-refractivity contribution in [3.63, 3.8) is 0 Å². The summed E-state index contributed by atoms with van der Waals surface area (Å²) in [6.45, 7) is 3.94. The van der Waals surface area contributed by atoms with E-state index in [1.54, 1.807) is 17.5 Å². The lowest BCUT2D eigenvalue weighted by molar-refractivity contribution is 0.0524. The normalized spacial score (nSPS) is 11.3. The van der Waals surface area contributed by atoms with Crippen LogP contribution in [0.25, 0.3) is 16.6 Å². The van der Waals surface area contributed by atoms with Crippen molar-refractivity contribution in [3.8, 4) is 0 Å². The molecule has 0 aliphatic heterocycles. The fourth-order valence-corrected chi connectivity index (χ4v) is 3.60. The first-order valence-electron chi connectivity index (χ1n) is 8.15. The van der Waals surface area contributed by atoms with Gasteiger partial charge in [-0.1, -0.05) is 23.9 Å². The Morgan fingerprint density at radius 2 is 2.12 bits per heavy atom. The second kappa shape index (κ2) is 6.80. The lowest BCUT2D eigenvalue weighted by atomic mass is 10.2. The SMILES string of the molecule is CCOC(=O)c1ccoc1CSc1nc2ccccc2c2nc(C)nn12. The summed E-state index contributed by atoms with van der Waals surface area (Å²) in [6, 6.07) is 9.44. The first-order chi connectivity index (χ1) is 12.7. The number of carbonyl (C=O) groups excluding carboxylic acids is 1. The topological polar surface area (TPSA) is 82.5 Å². The summed E-state index contributed by atoms with van der Waals surface area (Å²) >= 11 is 1.43. The van der Waals surface area contributed by atoms with Crippen LogP contribution in [0.4, 0.5) is 0 Å². The summed E-state index contributed by atoms with van der Waals surface area (Å²) in [4.78, 5) is 21.2. The number of hydrogen-bond acceptors (Lipinski definition) is 7. The van der Waals surface area contributed by atoms with E-state index in [1.807, 2.05) is 31.2 Å². The number of esters is 1. The zero-order valence-electron chi connectivity index (χ0n) is 14.3. The zero-order chi connectivity index (χ0) is 18.1. The van der Waals surface area contributed by atoms with Gasteiger partial charge in [0.2, 0.25) is 0 Å². The van der Waals surface area contributed by atoms with Crippen LogP contribution in [-0.2, 0) is 10.5 Å². The molecule has 0 aliphatic carbocycles. The van der Waals surface area contributed by atoms with Gasteiger partial charge in [0.25, 0.3) is 0 Å².